The maximum absolute atomic E-state index is 12.0. The number of urea groups is 1. The SMILES string of the molecule is CCOCCNC(=O)Nc1cc(Cl)ccc1N1CCOCC1. The smallest absolute Gasteiger partial charge is 0.319 e. The number of carbonyl (C=O) groups excluding carboxylic acids is 1. The molecule has 0 radical (unpaired) electrons. The Morgan fingerprint density at radius 2 is 2.18 bits per heavy atom. The van der Waals surface area contributed by atoms with Crippen LogP contribution < -0.4 is 15.5 Å². The number of rotatable bonds is 6. The van der Waals surface area contributed by atoms with Crippen LogP contribution in [-0.4, -0.2) is 52.1 Å². The topological polar surface area (TPSA) is 62.8 Å². The van der Waals surface area contributed by atoms with Crippen molar-refractivity contribution in [3.05, 3.63) is 23.2 Å². The van der Waals surface area contributed by atoms with Gasteiger partial charge in [-0.25, -0.2) is 4.79 Å². The van der Waals surface area contributed by atoms with Crippen LogP contribution in [0, 0.1) is 0 Å². The normalized spacial score (nSPS) is 14.7. The average molecular weight is 328 g/mol. The van der Waals surface area contributed by atoms with E-state index in [1.807, 2.05) is 19.1 Å². The van der Waals surface area contributed by atoms with Crippen LogP contribution in [0.2, 0.25) is 5.02 Å². The minimum absolute atomic E-state index is 0.267. The standard InChI is InChI=1S/C15H22ClN3O3/c1-2-21-8-5-17-15(20)18-13-11-12(16)3-4-14(13)19-6-9-22-10-7-19/h3-4,11H,2,5-10H2,1H3,(H2,17,18,20). The molecule has 122 valence electrons. The van der Waals surface area contributed by atoms with Gasteiger partial charge < -0.3 is 25.0 Å². The molecular formula is C15H22ClN3O3. The summed E-state index contributed by atoms with van der Waals surface area (Å²) >= 11 is 6.05. The van der Waals surface area contributed by atoms with Gasteiger partial charge in [0.1, 0.15) is 0 Å². The molecule has 0 saturated carbocycles. The number of morpholine rings is 1. The average Bonchev–Trinajstić information content (AvgIpc) is 2.53. The number of carbonyl (C=O) groups is 1. The lowest BCUT2D eigenvalue weighted by atomic mass is 10.2. The van der Waals surface area contributed by atoms with Crippen molar-refractivity contribution in [2.24, 2.45) is 0 Å². The number of amides is 2. The van der Waals surface area contributed by atoms with Crippen LogP contribution in [0.5, 0.6) is 0 Å². The molecule has 0 atom stereocenters. The van der Waals surface area contributed by atoms with Gasteiger partial charge in [0.25, 0.3) is 0 Å². The Balaban J connectivity index is 1.99. The third-order valence-electron chi connectivity index (χ3n) is 3.29. The minimum Gasteiger partial charge on any atom is -0.380 e. The van der Waals surface area contributed by atoms with Crippen LogP contribution in [0.15, 0.2) is 18.2 Å². The van der Waals surface area contributed by atoms with Gasteiger partial charge in [-0.2, -0.15) is 0 Å². The zero-order chi connectivity index (χ0) is 15.8. The van der Waals surface area contributed by atoms with Crippen molar-refractivity contribution in [2.75, 3.05) is 56.3 Å². The second kappa shape index (κ2) is 8.82. The number of nitrogens with zero attached hydrogens (tertiary/aromatic N) is 1. The lowest BCUT2D eigenvalue weighted by Crippen LogP contribution is -2.37. The number of hydrogen-bond acceptors (Lipinski definition) is 4. The molecule has 1 heterocycles. The lowest BCUT2D eigenvalue weighted by Gasteiger charge is -2.30. The van der Waals surface area contributed by atoms with Crippen molar-refractivity contribution in [2.45, 2.75) is 6.92 Å². The minimum atomic E-state index is -0.267. The molecular weight excluding hydrogens is 306 g/mol. The van der Waals surface area contributed by atoms with Crippen LogP contribution >= 0.6 is 11.6 Å². The molecule has 0 unspecified atom stereocenters. The number of halogens is 1. The van der Waals surface area contributed by atoms with Crippen LogP contribution in [0.3, 0.4) is 0 Å². The molecule has 1 fully saturated rings. The van der Waals surface area contributed by atoms with Crippen LogP contribution in [0.1, 0.15) is 6.92 Å². The quantitative estimate of drug-likeness (QED) is 0.787. The fourth-order valence-electron chi connectivity index (χ4n) is 2.24. The Kier molecular flexibility index (Phi) is 6.76. The van der Waals surface area contributed by atoms with Gasteiger partial charge in [-0.15, -0.1) is 0 Å². The van der Waals surface area contributed by atoms with Gasteiger partial charge in [-0.3, -0.25) is 0 Å². The highest BCUT2D eigenvalue weighted by atomic mass is 35.5. The summed E-state index contributed by atoms with van der Waals surface area (Å²) in [7, 11) is 0. The number of hydrogen-bond donors (Lipinski definition) is 2. The molecule has 1 aliphatic heterocycles. The fourth-order valence-corrected chi connectivity index (χ4v) is 2.41. The van der Waals surface area contributed by atoms with Crippen LogP contribution in [0.25, 0.3) is 0 Å². The molecule has 1 aromatic rings. The first-order valence-electron chi connectivity index (χ1n) is 7.45. The second-order valence-corrected chi connectivity index (χ2v) is 5.28. The summed E-state index contributed by atoms with van der Waals surface area (Å²) in [6.07, 6.45) is 0. The third kappa shape index (κ3) is 5.05. The lowest BCUT2D eigenvalue weighted by molar-refractivity contribution is 0.123. The highest BCUT2D eigenvalue weighted by molar-refractivity contribution is 6.31. The van der Waals surface area contributed by atoms with E-state index < -0.39 is 0 Å². The summed E-state index contributed by atoms with van der Waals surface area (Å²) in [6, 6.07) is 5.24. The molecule has 1 aromatic carbocycles. The number of nitrogens with one attached hydrogen (secondary N) is 2. The van der Waals surface area contributed by atoms with Gasteiger partial charge in [0.15, 0.2) is 0 Å². The van der Waals surface area contributed by atoms with Gasteiger partial charge >= 0.3 is 6.03 Å². The monoisotopic (exact) mass is 327 g/mol. The molecule has 7 heteroatoms. The largest absolute Gasteiger partial charge is 0.380 e. The molecule has 6 nitrogen and oxygen atoms in total. The summed E-state index contributed by atoms with van der Waals surface area (Å²) in [5.74, 6) is 0. The van der Waals surface area contributed by atoms with E-state index in [4.69, 9.17) is 21.1 Å². The Morgan fingerprint density at radius 1 is 1.41 bits per heavy atom. The van der Waals surface area contributed by atoms with Gasteiger partial charge in [-0.1, -0.05) is 11.6 Å². The molecule has 2 N–H and O–H groups in total. The Hall–Kier alpha value is -1.50. The molecule has 1 saturated heterocycles. The number of benzene rings is 1. The predicted molar refractivity (Wildman–Crippen MR) is 88.0 cm³/mol. The Labute approximate surface area is 135 Å². The maximum atomic E-state index is 12.0. The summed E-state index contributed by atoms with van der Waals surface area (Å²) < 4.78 is 10.5. The van der Waals surface area contributed by atoms with Crippen LogP contribution in [0.4, 0.5) is 16.2 Å². The molecule has 0 spiro atoms. The maximum Gasteiger partial charge on any atom is 0.319 e. The summed E-state index contributed by atoms with van der Waals surface area (Å²) in [5, 5.41) is 6.19. The molecule has 2 rings (SSSR count). The highest BCUT2D eigenvalue weighted by Gasteiger charge is 2.16. The first kappa shape index (κ1) is 16.9. The fraction of sp³-hybridized carbons (Fsp3) is 0.533. The van der Waals surface area contributed by atoms with Gasteiger partial charge in [-0.05, 0) is 25.1 Å². The molecule has 0 bridgehead atoms. The van der Waals surface area contributed by atoms with Crippen molar-refractivity contribution in [3.63, 3.8) is 0 Å². The molecule has 0 aliphatic carbocycles. The zero-order valence-corrected chi connectivity index (χ0v) is 13.5. The van der Waals surface area contributed by atoms with Gasteiger partial charge in [0.05, 0.1) is 31.2 Å². The van der Waals surface area contributed by atoms with E-state index in [9.17, 15) is 4.79 Å². The van der Waals surface area contributed by atoms with Crippen LogP contribution in [-0.2, 0) is 9.47 Å². The van der Waals surface area contributed by atoms with Crippen molar-refractivity contribution >= 4 is 29.0 Å². The van der Waals surface area contributed by atoms with Crippen molar-refractivity contribution in [1.29, 1.82) is 0 Å². The van der Waals surface area contributed by atoms with Gasteiger partial charge in [0, 0.05) is 31.3 Å². The van der Waals surface area contributed by atoms with Crippen molar-refractivity contribution in [3.8, 4) is 0 Å². The van der Waals surface area contributed by atoms with E-state index in [0.29, 0.717) is 43.7 Å². The first-order chi connectivity index (χ1) is 10.7. The number of anilines is 2. The van der Waals surface area contributed by atoms with E-state index in [2.05, 4.69) is 15.5 Å². The van der Waals surface area contributed by atoms with Crippen molar-refractivity contribution in [1.82, 2.24) is 5.32 Å². The van der Waals surface area contributed by atoms with Gasteiger partial charge in [0.2, 0.25) is 0 Å². The first-order valence-corrected chi connectivity index (χ1v) is 7.83. The molecule has 1 aliphatic rings. The van der Waals surface area contributed by atoms with E-state index in [0.717, 1.165) is 18.8 Å². The van der Waals surface area contributed by atoms with E-state index >= 15 is 0 Å². The molecule has 22 heavy (non-hydrogen) atoms. The Morgan fingerprint density at radius 3 is 2.91 bits per heavy atom. The van der Waals surface area contributed by atoms with E-state index in [1.54, 1.807) is 6.07 Å². The predicted octanol–water partition coefficient (Wildman–Crippen LogP) is 2.33. The zero-order valence-electron chi connectivity index (χ0n) is 12.7. The van der Waals surface area contributed by atoms with Crippen molar-refractivity contribution < 1.29 is 14.3 Å². The summed E-state index contributed by atoms with van der Waals surface area (Å²) in [5.41, 5.74) is 1.65. The van der Waals surface area contributed by atoms with E-state index in [-0.39, 0.29) is 6.03 Å². The highest BCUT2D eigenvalue weighted by Crippen LogP contribution is 2.29. The summed E-state index contributed by atoms with van der Waals surface area (Å²) in [6.45, 7) is 6.47. The Bertz CT molecular complexity index is 493. The molecule has 0 aromatic heterocycles. The second-order valence-electron chi connectivity index (χ2n) is 4.84. The summed E-state index contributed by atoms with van der Waals surface area (Å²) in [4.78, 5) is 14.1. The number of ether oxygens (including phenoxy) is 2. The van der Waals surface area contributed by atoms with E-state index in [1.165, 1.54) is 0 Å². The third-order valence-corrected chi connectivity index (χ3v) is 3.53. The molecule has 2 amide bonds.